The number of hydrogen-bond donors (Lipinski definition) is 1. The van der Waals surface area contributed by atoms with Gasteiger partial charge in [0.2, 0.25) is 5.91 Å². The maximum absolute atomic E-state index is 11.8. The monoisotopic (exact) mass is 322 g/mol. The van der Waals surface area contributed by atoms with Gasteiger partial charge >= 0.3 is 0 Å². The Kier molecular flexibility index (Phi) is 10.1. The smallest absolute Gasteiger partial charge is 0.220 e. The number of rotatable bonds is 12. The first-order chi connectivity index (χ1) is 11.2. The summed E-state index contributed by atoms with van der Waals surface area (Å²) in [6.45, 7) is 9.13. The number of ether oxygens (including phenoxy) is 2. The van der Waals surface area contributed by atoms with Crippen LogP contribution in [0, 0.1) is 0 Å². The second-order valence-corrected chi connectivity index (χ2v) is 5.30. The Morgan fingerprint density at radius 3 is 2.61 bits per heavy atom. The predicted octanol–water partition coefficient (Wildman–Crippen LogP) is 2.10. The average molecular weight is 322 g/mol. The van der Waals surface area contributed by atoms with Crippen molar-refractivity contribution in [3.8, 4) is 5.75 Å². The standard InChI is InChI=1S/C18H30N2O3/c1-4-20(5-2)13-15-23-14-12-19-18(21)11-10-16-8-6-7-9-17(16)22-3/h6-9H,4-5,10-15H2,1-3H3,(H,19,21). The minimum atomic E-state index is 0.0447. The number of nitrogens with zero attached hydrogens (tertiary/aromatic N) is 1. The Balaban J connectivity index is 2.11. The SMILES string of the molecule is CCN(CC)CCOCCNC(=O)CCc1ccccc1OC. The molecule has 0 aliphatic heterocycles. The van der Waals surface area contributed by atoms with Gasteiger partial charge in [-0.05, 0) is 31.1 Å². The van der Waals surface area contributed by atoms with Gasteiger partial charge in [0.1, 0.15) is 5.75 Å². The summed E-state index contributed by atoms with van der Waals surface area (Å²) < 4.78 is 10.8. The minimum Gasteiger partial charge on any atom is -0.496 e. The van der Waals surface area contributed by atoms with Gasteiger partial charge in [-0.2, -0.15) is 0 Å². The highest BCUT2D eigenvalue weighted by molar-refractivity contribution is 5.76. The third-order valence-corrected chi connectivity index (χ3v) is 3.83. The number of carbonyl (C=O) groups is 1. The number of para-hydroxylation sites is 1. The molecule has 0 radical (unpaired) electrons. The van der Waals surface area contributed by atoms with Crippen LogP contribution in [0.4, 0.5) is 0 Å². The molecular weight excluding hydrogens is 292 g/mol. The first-order valence-electron chi connectivity index (χ1n) is 8.39. The van der Waals surface area contributed by atoms with Gasteiger partial charge in [-0.3, -0.25) is 4.79 Å². The van der Waals surface area contributed by atoms with E-state index in [4.69, 9.17) is 9.47 Å². The molecule has 0 aliphatic rings. The molecule has 0 atom stereocenters. The van der Waals surface area contributed by atoms with Crippen LogP contribution in [0.5, 0.6) is 5.75 Å². The third kappa shape index (κ3) is 8.00. The number of likely N-dealkylation sites (N-methyl/N-ethyl adjacent to an activating group) is 1. The van der Waals surface area contributed by atoms with Crippen molar-refractivity contribution >= 4 is 5.91 Å². The van der Waals surface area contributed by atoms with E-state index in [9.17, 15) is 4.79 Å². The molecule has 1 amide bonds. The van der Waals surface area contributed by atoms with E-state index in [1.54, 1.807) is 7.11 Å². The molecule has 5 heteroatoms. The summed E-state index contributed by atoms with van der Waals surface area (Å²) in [6, 6.07) is 7.79. The lowest BCUT2D eigenvalue weighted by Crippen LogP contribution is -2.30. The fourth-order valence-electron chi connectivity index (χ4n) is 2.34. The second-order valence-electron chi connectivity index (χ2n) is 5.30. The van der Waals surface area contributed by atoms with Crippen molar-refractivity contribution in [2.75, 3.05) is 46.5 Å². The van der Waals surface area contributed by atoms with Crippen molar-refractivity contribution in [1.29, 1.82) is 0 Å². The maximum Gasteiger partial charge on any atom is 0.220 e. The highest BCUT2D eigenvalue weighted by atomic mass is 16.5. The Morgan fingerprint density at radius 1 is 1.17 bits per heavy atom. The van der Waals surface area contributed by atoms with Crippen LogP contribution in [-0.4, -0.2) is 57.3 Å². The molecule has 0 heterocycles. The number of benzene rings is 1. The first-order valence-corrected chi connectivity index (χ1v) is 8.39. The van der Waals surface area contributed by atoms with Gasteiger partial charge in [-0.1, -0.05) is 32.0 Å². The summed E-state index contributed by atoms with van der Waals surface area (Å²) >= 11 is 0. The summed E-state index contributed by atoms with van der Waals surface area (Å²) in [5.41, 5.74) is 1.06. The molecule has 0 fully saturated rings. The van der Waals surface area contributed by atoms with Gasteiger partial charge in [-0.25, -0.2) is 0 Å². The van der Waals surface area contributed by atoms with Crippen LogP contribution in [0.25, 0.3) is 0 Å². The van der Waals surface area contributed by atoms with Crippen LogP contribution in [0.15, 0.2) is 24.3 Å². The lowest BCUT2D eigenvalue weighted by molar-refractivity contribution is -0.121. The molecule has 0 unspecified atom stereocenters. The summed E-state index contributed by atoms with van der Waals surface area (Å²) in [5.74, 6) is 0.878. The fraction of sp³-hybridized carbons (Fsp3) is 0.611. The molecule has 0 aromatic heterocycles. The van der Waals surface area contributed by atoms with Crippen LogP contribution in [0.1, 0.15) is 25.8 Å². The number of methoxy groups -OCH3 is 1. The average Bonchev–Trinajstić information content (AvgIpc) is 2.59. The van der Waals surface area contributed by atoms with Gasteiger partial charge < -0.3 is 19.7 Å². The van der Waals surface area contributed by atoms with Crippen LogP contribution in [0.3, 0.4) is 0 Å². The Morgan fingerprint density at radius 2 is 1.91 bits per heavy atom. The normalized spacial score (nSPS) is 10.8. The maximum atomic E-state index is 11.8. The van der Waals surface area contributed by atoms with E-state index < -0.39 is 0 Å². The topological polar surface area (TPSA) is 50.8 Å². The number of aryl methyl sites for hydroxylation is 1. The van der Waals surface area contributed by atoms with E-state index in [0.717, 1.165) is 30.9 Å². The third-order valence-electron chi connectivity index (χ3n) is 3.83. The molecule has 0 saturated carbocycles. The highest BCUT2D eigenvalue weighted by Crippen LogP contribution is 2.18. The fourth-order valence-corrected chi connectivity index (χ4v) is 2.34. The summed E-state index contributed by atoms with van der Waals surface area (Å²) in [4.78, 5) is 14.1. The molecule has 1 aromatic carbocycles. The van der Waals surface area contributed by atoms with Crippen LogP contribution < -0.4 is 10.1 Å². The highest BCUT2D eigenvalue weighted by Gasteiger charge is 2.06. The van der Waals surface area contributed by atoms with Gasteiger partial charge in [0, 0.05) is 19.5 Å². The van der Waals surface area contributed by atoms with Crippen LogP contribution in [0.2, 0.25) is 0 Å². The number of carbonyl (C=O) groups excluding carboxylic acids is 1. The van der Waals surface area contributed by atoms with Crippen LogP contribution in [-0.2, 0) is 16.0 Å². The Hall–Kier alpha value is -1.59. The van der Waals surface area contributed by atoms with Gasteiger partial charge in [0.15, 0.2) is 0 Å². The molecule has 5 nitrogen and oxygen atoms in total. The molecular formula is C18H30N2O3. The van der Waals surface area contributed by atoms with Gasteiger partial charge in [0.25, 0.3) is 0 Å². The Bertz CT molecular complexity index is 448. The summed E-state index contributed by atoms with van der Waals surface area (Å²) in [7, 11) is 1.65. The molecule has 0 bridgehead atoms. The summed E-state index contributed by atoms with van der Waals surface area (Å²) in [5, 5.41) is 2.89. The van der Waals surface area contributed by atoms with Crippen molar-refractivity contribution in [3.63, 3.8) is 0 Å². The number of hydrogen-bond acceptors (Lipinski definition) is 4. The minimum absolute atomic E-state index is 0.0447. The zero-order valence-electron chi connectivity index (χ0n) is 14.6. The van der Waals surface area contributed by atoms with Crippen LogP contribution >= 0.6 is 0 Å². The van der Waals surface area contributed by atoms with Crippen molar-refractivity contribution in [2.45, 2.75) is 26.7 Å². The largest absolute Gasteiger partial charge is 0.496 e. The van der Waals surface area contributed by atoms with Gasteiger partial charge in [-0.15, -0.1) is 0 Å². The lowest BCUT2D eigenvalue weighted by atomic mass is 10.1. The Labute approximate surface area is 140 Å². The molecule has 0 saturated heterocycles. The summed E-state index contributed by atoms with van der Waals surface area (Å²) in [6.07, 6.45) is 1.14. The lowest BCUT2D eigenvalue weighted by Gasteiger charge is -2.17. The molecule has 130 valence electrons. The van der Waals surface area contributed by atoms with E-state index in [1.165, 1.54) is 0 Å². The molecule has 0 spiro atoms. The van der Waals surface area contributed by atoms with E-state index in [2.05, 4.69) is 24.1 Å². The molecule has 1 rings (SSSR count). The quantitative estimate of drug-likeness (QED) is 0.599. The van der Waals surface area contributed by atoms with E-state index in [-0.39, 0.29) is 5.91 Å². The zero-order valence-corrected chi connectivity index (χ0v) is 14.6. The molecule has 23 heavy (non-hydrogen) atoms. The zero-order chi connectivity index (χ0) is 16.9. The van der Waals surface area contributed by atoms with Crippen molar-refractivity contribution in [3.05, 3.63) is 29.8 Å². The molecule has 1 aromatic rings. The molecule has 1 N–H and O–H groups in total. The van der Waals surface area contributed by atoms with E-state index in [0.29, 0.717) is 32.6 Å². The number of amides is 1. The van der Waals surface area contributed by atoms with Gasteiger partial charge in [0.05, 0.1) is 20.3 Å². The van der Waals surface area contributed by atoms with E-state index in [1.807, 2.05) is 24.3 Å². The predicted molar refractivity (Wildman–Crippen MR) is 92.9 cm³/mol. The number of nitrogens with one attached hydrogen (secondary N) is 1. The van der Waals surface area contributed by atoms with E-state index >= 15 is 0 Å². The van der Waals surface area contributed by atoms with Crippen molar-refractivity contribution in [2.24, 2.45) is 0 Å². The molecule has 0 aliphatic carbocycles. The second kappa shape index (κ2) is 11.9. The first kappa shape index (κ1) is 19.5. The van der Waals surface area contributed by atoms with Crippen molar-refractivity contribution in [1.82, 2.24) is 10.2 Å². The van der Waals surface area contributed by atoms with Crippen molar-refractivity contribution < 1.29 is 14.3 Å².